The summed E-state index contributed by atoms with van der Waals surface area (Å²) in [5, 5.41) is 6.42. The second-order valence-corrected chi connectivity index (χ2v) is 15.0. The summed E-state index contributed by atoms with van der Waals surface area (Å²) in [6, 6.07) is 0. The van der Waals surface area contributed by atoms with Crippen molar-refractivity contribution >= 4 is 21.8 Å². The van der Waals surface area contributed by atoms with Crippen LogP contribution in [0.3, 0.4) is 0 Å². The molecule has 0 N–H and O–H groups in total. The van der Waals surface area contributed by atoms with Crippen LogP contribution in [0.1, 0.15) is 80.1 Å². The number of rotatable bonds is 9. The van der Waals surface area contributed by atoms with Crippen LogP contribution in [0.5, 0.6) is 0 Å². The van der Waals surface area contributed by atoms with Crippen LogP contribution >= 0.6 is 0 Å². The van der Waals surface area contributed by atoms with Crippen molar-refractivity contribution in [2.75, 3.05) is 14.1 Å². The van der Waals surface area contributed by atoms with Crippen LogP contribution in [0.4, 0.5) is 13.2 Å². The van der Waals surface area contributed by atoms with E-state index in [2.05, 4.69) is 6.58 Å². The summed E-state index contributed by atoms with van der Waals surface area (Å²) in [5.74, 6) is -0.895. The highest BCUT2D eigenvalue weighted by Gasteiger charge is 2.65. The highest BCUT2D eigenvalue weighted by atomic mass is 32.2. The minimum Gasteiger partial charge on any atom is -0.461 e. The number of nitrogens with zero attached hydrogens (tertiary/aromatic N) is 2. The van der Waals surface area contributed by atoms with E-state index in [1.807, 2.05) is 34.6 Å². The van der Waals surface area contributed by atoms with Gasteiger partial charge in [0.05, 0.1) is 11.8 Å². The van der Waals surface area contributed by atoms with Gasteiger partial charge >= 0.3 is 21.6 Å². The SMILES string of the molecule is C=CC[C@@H](C)[C@]1(C)CC=C2C(OS(=O)(=O)C(F)(F)F)=C(C[C@]34CC[C@H](O3)C(C)(C)/C4=N\N(C)C)C[C@@H](OC(C)=O)[C@]21C. The van der Waals surface area contributed by atoms with Gasteiger partial charge in [-0.05, 0) is 42.6 Å². The lowest BCUT2D eigenvalue weighted by Crippen LogP contribution is -2.53. The Hall–Kier alpha value is -2.34. The van der Waals surface area contributed by atoms with E-state index >= 15 is 0 Å². The zero-order valence-electron chi connectivity index (χ0n) is 25.7. The van der Waals surface area contributed by atoms with Crippen molar-refractivity contribution in [2.45, 2.75) is 103 Å². The zero-order valence-corrected chi connectivity index (χ0v) is 26.5. The van der Waals surface area contributed by atoms with Crippen LogP contribution < -0.4 is 0 Å². The van der Waals surface area contributed by atoms with Crippen molar-refractivity contribution in [1.82, 2.24) is 5.01 Å². The zero-order chi connectivity index (χ0) is 31.7. The third-order valence-corrected chi connectivity index (χ3v) is 11.3. The van der Waals surface area contributed by atoms with Gasteiger partial charge in [-0.1, -0.05) is 46.8 Å². The highest BCUT2D eigenvalue weighted by molar-refractivity contribution is 7.87. The number of halogens is 3. The lowest BCUT2D eigenvalue weighted by atomic mass is 9.53. The molecule has 2 bridgehead atoms. The second-order valence-electron chi connectivity index (χ2n) is 13.4. The molecule has 236 valence electrons. The van der Waals surface area contributed by atoms with Gasteiger partial charge in [0.1, 0.15) is 17.5 Å². The smallest absolute Gasteiger partial charge is 0.461 e. The number of fused-ring (bicyclic) bond motifs is 3. The van der Waals surface area contributed by atoms with E-state index in [0.29, 0.717) is 36.8 Å². The first-order valence-corrected chi connectivity index (χ1v) is 15.7. The predicted molar refractivity (Wildman–Crippen MR) is 153 cm³/mol. The summed E-state index contributed by atoms with van der Waals surface area (Å²) in [7, 11) is -2.45. The molecule has 0 unspecified atom stereocenters. The summed E-state index contributed by atoms with van der Waals surface area (Å²) in [6.45, 7) is 15.0. The van der Waals surface area contributed by atoms with Gasteiger partial charge in [0, 0.05) is 50.3 Å². The molecular formula is C30H43F3N2O6S. The number of esters is 1. The van der Waals surface area contributed by atoms with E-state index < -0.39 is 49.5 Å². The second kappa shape index (κ2) is 10.4. The van der Waals surface area contributed by atoms with Crippen molar-refractivity contribution in [2.24, 2.45) is 27.3 Å². The molecule has 0 amide bonds. The van der Waals surface area contributed by atoms with E-state index in [1.165, 1.54) is 6.92 Å². The quantitative estimate of drug-likeness (QED) is 0.0992. The molecule has 4 rings (SSSR count). The molecule has 8 nitrogen and oxygen atoms in total. The first-order chi connectivity index (χ1) is 19.2. The van der Waals surface area contributed by atoms with E-state index in [-0.39, 0.29) is 30.6 Å². The molecule has 6 atom stereocenters. The summed E-state index contributed by atoms with van der Waals surface area (Å²) < 4.78 is 84.0. The van der Waals surface area contributed by atoms with Gasteiger partial charge < -0.3 is 18.7 Å². The van der Waals surface area contributed by atoms with Crippen LogP contribution in [-0.4, -0.2) is 62.5 Å². The van der Waals surface area contributed by atoms with Crippen molar-refractivity contribution in [3.63, 3.8) is 0 Å². The van der Waals surface area contributed by atoms with E-state index in [9.17, 15) is 26.4 Å². The molecule has 0 aromatic heterocycles. The first kappa shape index (κ1) is 32.6. The summed E-state index contributed by atoms with van der Waals surface area (Å²) in [5.41, 5.74) is -7.38. The number of carbonyl (C=O) groups is 1. The Morgan fingerprint density at radius 2 is 1.93 bits per heavy atom. The average molecular weight is 617 g/mol. The maximum atomic E-state index is 13.8. The number of hydrazone groups is 1. The maximum Gasteiger partial charge on any atom is 0.534 e. The molecule has 0 radical (unpaired) electrons. The molecule has 12 heteroatoms. The third kappa shape index (κ3) is 4.90. The third-order valence-electron chi connectivity index (χ3n) is 10.3. The van der Waals surface area contributed by atoms with Gasteiger partial charge in [-0.15, -0.1) is 6.58 Å². The fourth-order valence-electron chi connectivity index (χ4n) is 7.78. The maximum absolute atomic E-state index is 13.8. The topological polar surface area (TPSA) is 94.5 Å². The molecule has 2 heterocycles. The Bertz CT molecular complexity index is 1350. The van der Waals surface area contributed by atoms with Crippen LogP contribution in [0.15, 0.2) is 40.7 Å². The molecule has 2 fully saturated rings. The number of alkyl halides is 3. The molecule has 0 saturated carbocycles. The Balaban J connectivity index is 1.94. The first-order valence-electron chi connectivity index (χ1n) is 14.3. The van der Waals surface area contributed by atoms with Crippen molar-refractivity contribution < 1.29 is 40.0 Å². The summed E-state index contributed by atoms with van der Waals surface area (Å²) >= 11 is 0. The Kier molecular flexibility index (Phi) is 8.05. The van der Waals surface area contributed by atoms with Gasteiger partial charge in [0.2, 0.25) is 0 Å². The van der Waals surface area contributed by atoms with Crippen LogP contribution in [0.25, 0.3) is 0 Å². The van der Waals surface area contributed by atoms with Gasteiger partial charge in [-0.2, -0.15) is 26.7 Å². The Morgan fingerprint density at radius 1 is 1.29 bits per heavy atom. The molecular weight excluding hydrogens is 573 g/mol. The lowest BCUT2D eigenvalue weighted by molar-refractivity contribution is -0.159. The summed E-state index contributed by atoms with van der Waals surface area (Å²) in [4.78, 5) is 12.4. The normalized spacial score (nSPS) is 35.6. The number of carbonyl (C=O) groups excluding carboxylic acids is 1. The van der Waals surface area contributed by atoms with Crippen LogP contribution in [0.2, 0.25) is 0 Å². The van der Waals surface area contributed by atoms with Gasteiger partial charge in [0.15, 0.2) is 0 Å². The summed E-state index contributed by atoms with van der Waals surface area (Å²) in [6.07, 6.45) is 4.90. The number of ether oxygens (including phenoxy) is 2. The lowest BCUT2D eigenvalue weighted by Gasteiger charge is -2.53. The molecule has 2 saturated heterocycles. The van der Waals surface area contributed by atoms with Gasteiger partial charge in [-0.25, -0.2) is 0 Å². The Labute approximate surface area is 247 Å². The van der Waals surface area contributed by atoms with E-state index in [1.54, 1.807) is 31.3 Å². The molecule has 42 heavy (non-hydrogen) atoms. The van der Waals surface area contributed by atoms with Crippen LogP contribution in [0, 0.1) is 22.2 Å². The molecule has 0 spiro atoms. The van der Waals surface area contributed by atoms with Gasteiger partial charge in [-0.3, -0.25) is 4.79 Å². The predicted octanol–water partition coefficient (Wildman–Crippen LogP) is 6.26. The van der Waals surface area contributed by atoms with Crippen molar-refractivity contribution in [3.05, 3.63) is 35.6 Å². The van der Waals surface area contributed by atoms with E-state index in [0.717, 1.165) is 5.71 Å². The highest BCUT2D eigenvalue weighted by Crippen LogP contribution is 2.66. The largest absolute Gasteiger partial charge is 0.534 e. The molecule has 4 aliphatic rings. The fourth-order valence-corrected chi connectivity index (χ4v) is 8.30. The minimum atomic E-state index is -6.01. The minimum absolute atomic E-state index is 0.0159. The number of hydrogen-bond donors (Lipinski definition) is 0. The van der Waals surface area contributed by atoms with Crippen LogP contribution in [-0.2, 0) is 28.6 Å². The fraction of sp³-hybridized carbons (Fsp3) is 0.733. The Morgan fingerprint density at radius 3 is 2.48 bits per heavy atom. The van der Waals surface area contributed by atoms with Gasteiger partial charge in [0.25, 0.3) is 0 Å². The average Bonchev–Trinajstić information content (AvgIpc) is 3.45. The van der Waals surface area contributed by atoms with E-state index in [4.69, 9.17) is 18.8 Å². The number of hydrogen-bond acceptors (Lipinski definition) is 8. The molecule has 0 aromatic carbocycles. The molecule has 2 aliphatic carbocycles. The van der Waals surface area contributed by atoms with Crippen molar-refractivity contribution in [3.8, 4) is 0 Å². The number of allylic oxidation sites excluding steroid dienone is 3. The molecule has 2 aliphatic heterocycles. The molecule has 0 aromatic rings. The van der Waals surface area contributed by atoms with Crippen molar-refractivity contribution in [1.29, 1.82) is 0 Å². The standard InChI is InChI=1S/C30H43F3N2O6S/c1-10-11-18(2)27(6)14-12-21-24(41-42(37,38)30(31,32)33)20(16-23(28(21,27)7)39-19(3)36)17-29-15-13-22(40-29)26(4,5)25(29)34-35(8)9/h10,12,18,22-23H,1,11,13-17H2,2-9H3/b34-25+/t18-,22+,23-,27+,28+,29+/m1/s1. The monoisotopic (exact) mass is 616 g/mol.